The second-order valence-corrected chi connectivity index (χ2v) is 4.47. The first-order chi connectivity index (χ1) is 7.35. The summed E-state index contributed by atoms with van der Waals surface area (Å²) in [6, 6.07) is 4.91. The third-order valence-corrected chi connectivity index (χ3v) is 2.65. The van der Waals surface area contributed by atoms with Crippen LogP contribution < -0.4 is 11.1 Å². The van der Waals surface area contributed by atoms with E-state index in [1.807, 2.05) is 0 Å². The van der Waals surface area contributed by atoms with Gasteiger partial charge in [0.05, 0.1) is 5.56 Å². The zero-order valence-corrected chi connectivity index (χ0v) is 9.87. The SMILES string of the molecule is CCC(C)(C)Nc1ccc(C(=O)O)c(N)c1. The summed E-state index contributed by atoms with van der Waals surface area (Å²) < 4.78 is 0. The van der Waals surface area contributed by atoms with E-state index in [4.69, 9.17) is 10.8 Å². The van der Waals surface area contributed by atoms with E-state index >= 15 is 0 Å². The average molecular weight is 222 g/mol. The first kappa shape index (κ1) is 12.4. The number of hydrogen-bond acceptors (Lipinski definition) is 3. The molecule has 0 bridgehead atoms. The summed E-state index contributed by atoms with van der Waals surface area (Å²) in [6.45, 7) is 6.24. The minimum absolute atomic E-state index is 0.0306. The van der Waals surface area contributed by atoms with Crippen molar-refractivity contribution < 1.29 is 9.90 Å². The van der Waals surface area contributed by atoms with Gasteiger partial charge in [-0.3, -0.25) is 0 Å². The van der Waals surface area contributed by atoms with Crippen molar-refractivity contribution in [1.82, 2.24) is 0 Å². The highest BCUT2D eigenvalue weighted by atomic mass is 16.4. The minimum Gasteiger partial charge on any atom is -0.478 e. The Hall–Kier alpha value is -1.71. The van der Waals surface area contributed by atoms with Gasteiger partial charge in [0.1, 0.15) is 0 Å². The lowest BCUT2D eigenvalue weighted by Gasteiger charge is -2.26. The second kappa shape index (κ2) is 4.43. The standard InChI is InChI=1S/C12H18N2O2/c1-4-12(2,3)14-8-5-6-9(11(15)16)10(13)7-8/h5-7,14H,4,13H2,1-3H3,(H,15,16). The van der Waals surface area contributed by atoms with Crippen molar-refractivity contribution in [2.45, 2.75) is 32.7 Å². The van der Waals surface area contributed by atoms with Gasteiger partial charge in [-0.2, -0.15) is 0 Å². The largest absolute Gasteiger partial charge is 0.478 e. The Bertz CT molecular complexity index is 400. The molecule has 0 aromatic heterocycles. The summed E-state index contributed by atoms with van der Waals surface area (Å²) >= 11 is 0. The Kier molecular flexibility index (Phi) is 3.42. The minimum atomic E-state index is -1.00. The molecule has 0 aliphatic heterocycles. The number of benzene rings is 1. The Balaban J connectivity index is 2.94. The van der Waals surface area contributed by atoms with Gasteiger partial charge in [0.25, 0.3) is 0 Å². The molecular formula is C12H18N2O2. The van der Waals surface area contributed by atoms with Crippen LogP contribution in [0.15, 0.2) is 18.2 Å². The molecule has 16 heavy (non-hydrogen) atoms. The number of aromatic carboxylic acids is 1. The molecule has 0 fully saturated rings. The monoisotopic (exact) mass is 222 g/mol. The smallest absolute Gasteiger partial charge is 0.337 e. The summed E-state index contributed by atoms with van der Waals surface area (Å²) in [7, 11) is 0. The first-order valence-corrected chi connectivity index (χ1v) is 5.27. The van der Waals surface area contributed by atoms with Crippen LogP contribution in [-0.4, -0.2) is 16.6 Å². The molecule has 1 rings (SSSR count). The number of nitrogens with one attached hydrogen (secondary N) is 1. The third kappa shape index (κ3) is 2.89. The van der Waals surface area contributed by atoms with Crippen molar-refractivity contribution in [3.8, 4) is 0 Å². The number of carboxylic acids is 1. The van der Waals surface area contributed by atoms with E-state index in [1.54, 1.807) is 12.1 Å². The summed E-state index contributed by atoms with van der Waals surface area (Å²) in [4.78, 5) is 10.8. The van der Waals surface area contributed by atoms with Gasteiger partial charge in [-0.1, -0.05) is 6.92 Å². The van der Waals surface area contributed by atoms with E-state index in [2.05, 4.69) is 26.1 Å². The molecule has 4 N–H and O–H groups in total. The molecule has 0 aliphatic carbocycles. The zero-order chi connectivity index (χ0) is 12.3. The van der Waals surface area contributed by atoms with Crippen LogP contribution in [0, 0.1) is 0 Å². The van der Waals surface area contributed by atoms with Gasteiger partial charge in [0.15, 0.2) is 0 Å². The van der Waals surface area contributed by atoms with Crippen molar-refractivity contribution in [2.24, 2.45) is 0 Å². The molecule has 1 aromatic carbocycles. The number of hydrogen-bond donors (Lipinski definition) is 3. The van der Waals surface area contributed by atoms with Crippen LogP contribution in [0.1, 0.15) is 37.6 Å². The summed E-state index contributed by atoms with van der Waals surface area (Å²) in [5.41, 5.74) is 6.89. The van der Waals surface area contributed by atoms with E-state index in [0.29, 0.717) is 0 Å². The Morgan fingerprint density at radius 2 is 2.12 bits per heavy atom. The lowest BCUT2D eigenvalue weighted by molar-refractivity contribution is 0.0698. The maximum Gasteiger partial charge on any atom is 0.337 e. The summed E-state index contributed by atoms with van der Waals surface area (Å²) in [6.07, 6.45) is 0.966. The van der Waals surface area contributed by atoms with E-state index in [1.165, 1.54) is 6.07 Å². The summed E-state index contributed by atoms with van der Waals surface area (Å²) in [5.74, 6) is -1.00. The van der Waals surface area contributed by atoms with Crippen LogP contribution in [0.3, 0.4) is 0 Å². The van der Waals surface area contributed by atoms with Crippen molar-refractivity contribution >= 4 is 17.3 Å². The van der Waals surface area contributed by atoms with Gasteiger partial charge in [-0.25, -0.2) is 4.79 Å². The molecule has 0 radical (unpaired) electrons. The van der Waals surface area contributed by atoms with Gasteiger partial charge in [0, 0.05) is 16.9 Å². The molecule has 0 saturated heterocycles. The van der Waals surface area contributed by atoms with Crippen LogP contribution in [0.25, 0.3) is 0 Å². The molecular weight excluding hydrogens is 204 g/mol. The fraction of sp³-hybridized carbons (Fsp3) is 0.417. The first-order valence-electron chi connectivity index (χ1n) is 5.27. The molecule has 0 aliphatic rings. The number of carboxylic acid groups (broad SMARTS) is 1. The highest BCUT2D eigenvalue weighted by Gasteiger charge is 2.15. The van der Waals surface area contributed by atoms with Crippen molar-refractivity contribution in [2.75, 3.05) is 11.1 Å². The van der Waals surface area contributed by atoms with Gasteiger partial charge in [-0.15, -0.1) is 0 Å². The fourth-order valence-electron chi connectivity index (χ4n) is 1.31. The lowest BCUT2D eigenvalue weighted by atomic mass is 10.0. The van der Waals surface area contributed by atoms with Crippen molar-refractivity contribution in [1.29, 1.82) is 0 Å². The van der Waals surface area contributed by atoms with Gasteiger partial charge in [0.2, 0.25) is 0 Å². The molecule has 4 nitrogen and oxygen atoms in total. The average Bonchev–Trinajstić information content (AvgIpc) is 2.16. The van der Waals surface area contributed by atoms with E-state index < -0.39 is 5.97 Å². The molecule has 0 unspecified atom stereocenters. The highest BCUT2D eigenvalue weighted by Crippen LogP contribution is 2.22. The van der Waals surface area contributed by atoms with Crippen LogP contribution >= 0.6 is 0 Å². The summed E-state index contributed by atoms with van der Waals surface area (Å²) in [5, 5.41) is 12.1. The van der Waals surface area contributed by atoms with Crippen molar-refractivity contribution in [3.63, 3.8) is 0 Å². The molecule has 0 spiro atoms. The molecule has 1 aromatic rings. The molecule has 0 amide bonds. The molecule has 0 atom stereocenters. The zero-order valence-electron chi connectivity index (χ0n) is 9.87. The number of nitrogens with two attached hydrogens (primary N) is 1. The maximum absolute atomic E-state index is 10.8. The van der Waals surface area contributed by atoms with Crippen LogP contribution in [-0.2, 0) is 0 Å². The Morgan fingerprint density at radius 3 is 2.56 bits per heavy atom. The van der Waals surface area contributed by atoms with E-state index in [9.17, 15) is 4.79 Å². The van der Waals surface area contributed by atoms with Gasteiger partial charge < -0.3 is 16.2 Å². The number of carbonyl (C=O) groups is 1. The fourth-order valence-corrected chi connectivity index (χ4v) is 1.31. The molecule has 4 heteroatoms. The van der Waals surface area contributed by atoms with Crippen molar-refractivity contribution in [3.05, 3.63) is 23.8 Å². The maximum atomic E-state index is 10.8. The number of rotatable bonds is 4. The third-order valence-electron chi connectivity index (χ3n) is 2.65. The Morgan fingerprint density at radius 1 is 1.50 bits per heavy atom. The van der Waals surface area contributed by atoms with Crippen LogP contribution in [0.5, 0.6) is 0 Å². The number of nitrogen functional groups attached to an aromatic ring is 1. The van der Waals surface area contributed by atoms with E-state index in [-0.39, 0.29) is 16.8 Å². The van der Waals surface area contributed by atoms with Gasteiger partial charge in [-0.05, 0) is 38.5 Å². The molecule has 0 heterocycles. The molecule has 0 saturated carbocycles. The number of anilines is 2. The predicted octanol–water partition coefficient (Wildman–Crippen LogP) is 2.57. The Labute approximate surface area is 95.5 Å². The normalized spacial score (nSPS) is 11.2. The van der Waals surface area contributed by atoms with E-state index in [0.717, 1.165) is 12.1 Å². The van der Waals surface area contributed by atoms with Crippen LogP contribution in [0.2, 0.25) is 0 Å². The van der Waals surface area contributed by atoms with Gasteiger partial charge >= 0.3 is 5.97 Å². The quantitative estimate of drug-likeness (QED) is 0.684. The molecule has 88 valence electrons. The second-order valence-electron chi connectivity index (χ2n) is 4.47. The van der Waals surface area contributed by atoms with Crippen LogP contribution in [0.4, 0.5) is 11.4 Å². The topological polar surface area (TPSA) is 75.3 Å². The predicted molar refractivity (Wildman–Crippen MR) is 65.8 cm³/mol. The highest BCUT2D eigenvalue weighted by molar-refractivity contribution is 5.94. The lowest BCUT2D eigenvalue weighted by Crippen LogP contribution is -2.29.